The van der Waals surface area contributed by atoms with Crippen molar-refractivity contribution in [2.45, 2.75) is 51.2 Å². The standard InChI is InChI=1S/C16H20BrN3/c1-11-9-16-18-14-10-12(17)5-6-15(14)20(16)8-7-19(11)13-3-2-4-13/h5-6,10-11,13H,2-4,7-9H2,1H3. The van der Waals surface area contributed by atoms with E-state index in [1.54, 1.807) is 0 Å². The first-order valence-corrected chi connectivity index (χ1v) is 8.42. The maximum Gasteiger partial charge on any atom is 0.111 e. The number of nitrogens with zero attached hydrogens (tertiary/aromatic N) is 3. The molecule has 1 unspecified atom stereocenters. The van der Waals surface area contributed by atoms with Crippen molar-refractivity contribution < 1.29 is 0 Å². The molecule has 2 heterocycles. The summed E-state index contributed by atoms with van der Waals surface area (Å²) in [7, 11) is 0. The Kier molecular flexibility index (Phi) is 3.11. The van der Waals surface area contributed by atoms with Gasteiger partial charge in [-0.1, -0.05) is 22.4 Å². The van der Waals surface area contributed by atoms with Crippen LogP contribution in [0.15, 0.2) is 22.7 Å². The fourth-order valence-electron chi connectivity index (χ4n) is 3.64. The van der Waals surface area contributed by atoms with Crippen molar-refractivity contribution in [3.63, 3.8) is 0 Å². The Morgan fingerprint density at radius 2 is 2.10 bits per heavy atom. The second kappa shape index (κ2) is 4.85. The van der Waals surface area contributed by atoms with Gasteiger partial charge in [-0.2, -0.15) is 0 Å². The molecular weight excluding hydrogens is 314 g/mol. The van der Waals surface area contributed by atoms with Crippen molar-refractivity contribution in [2.24, 2.45) is 0 Å². The second-order valence-electron chi connectivity index (χ2n) is 6.19. The largest absolute Gasteiger partial charge is 0.327 e. The maximum atomic E-state index is 4.87. The lowest BCUT2D eigenvalue weighted by molar-refractivity contribution is 0.0893. The number of hydrogen-bond acceptors (Lipinski definition) is 2. The van der Waals surface area contributed by atoms with Crippen molar-refractivity contribution in [3.8, 4) is 0 Å². The summed E-state index contributed by atoms with van der Waals surface area (Å²) >= 11 is 3.54. The van der Waals surface area contributed by atoms with Crippen LogP contribution in [0, 0.1) is 0 Å². The Morgan fingerprint density at radius 3 is 2.85 bits per heavy atom. The van der Waals surface area contributed by atoms with Crippen LogP contribution in [-0.2, 0) is 13.0 Å². The molecule has 106 valence electrons. The molecule has 2 aliphatic rings. The van der Waals surface area contributed by atoms with Gasteiger partial charge in [0.25, 0.3) is 0 Å². The molecule has 3 nitrogen and oxygen atoms in total. The van der Waals surface area contributed by atoms with Crippen LogP contribution in [0.1, 0.15) is 32.0 Å². The van der Waals surface area contributed by atoms with Gasteiger partial charge in [0.15, 0.2) is 0 Å². The van der Waals surface area contributed by atoms with Gasteiger partial charge in [-0.15, -0.1) is 0 Å². The molecule has 1 atom stereocenters. The number of halogens is 1. The van der Waals surface area contributed by atoms with Crippen molar-refractivity contribution in [1.82, 2.24) is 14.5 Å². The van der Waals surface area contributed by atoms with E-state index in [4.69, 9.17) is 4.98 Å². The molecule has 1 aromatic heterocycles. The first-order valence-electron chi connectivity index (χ1n) is 7.63. The van der Waals surface area contributed by atoms with Crippen LogP contribution in [-0.4, -0.2) is 33.1 Å². The minimum atomic E-state index is 0.613. The molecule has 2 aromatic rings. The highest BCUT2D eigenvalue weighted by molar-refractivity contribution is 9.10. The molecule has 1 fully saturated rings. The smallest absolute Gasteiger partial charge is 0.111 e. The molecule has 20 heavy (non-hydrogen) atoms. The molecule has 4 rings (SSSR count). The van der Waals surface area contributed by atoms with E-state index in [9.17, 15) is 0 Å². The van der Waals surface area contributed by atoms with Gasteiger partial charge in [-0.05, 0) is 38.0 Å². The van der Waals surface area contributed by atoms with Gasteiger partial charge in [0.2, 0.25) is 0 Å². The van der Waals surface area contributed by atoms with Gasteiger partial charge in [0.1, 0.15) is 5.82 Å². The van der Waals surface area contributed by atoms with Gasteiger partial charge in [0.05, 0.1) is 11.0 Å². The van der Waals surface area contributed by atoms with Crippen LogP contribution in [0.3, 0.4) is 0 Å². The van der Waals surface area contributed by atoms with E-state index >= 15 is 0 Å². The van der Waals surface area contributed by atoms with E-state index in [1.807, 2.05) is 0 Å². The summed E-state index contributed by atoms with van der Waals surface area (Å²) in [5.41, 5.74) is 2.41. The predicted octanol–water partition coefficient (Wildman–Crippen LogP) is 3.60. The first kappa shape index (κ1) is 12.8. The Hall–Kier alpha value is -0.870. The number of benzene rings is 1. The van der Waals surface area contributed by atoms with E-state index in [0.717, 1.165) is 29.0 Å². The van der Waals surface area contributed by atoms with E-state index in [0.29, 0.717) is 6.04 Å². The molecule has 1 aromatic carbocycles. The number of hydrogen-bond donors (Lipinski definition) is 0. The molecule has 1 aliphatic heterocycles. The average Bonchev–Trinajstić information content (AvgIpc) is 2.60. The molecule has 0 radical (unpaired) electrons. The highest BCUT2D eigenvalue weighted by Gasteiger charge is 2.31. The third-order valence-corrected chi connectivity index (χ3v) is 5.45. The van der Waals surface area contributed by atoms with Gasteiger partial charge >= 0.3 is 0 Å². The Labute approximate surface area is 128 Å². The minimum Gasteiger partial charge on any atom is -0.327 e. The zero-order valence-corrected chi connectivity index (χ0v) is 13.4. The lowest BCUT2D eigenvalue weighted by atomic mass is 9.90. The van der Waals surface area contributed by atoms with Crippen LogP contribution in [0.5, 0.6) is 0 Å². The monoisotopic (exact) mass is 333 g/mol. The molecule has 1 aliphatic carbocycles. The van der Waals surface area contributed by atoms with Crippen molar-refractivity contribution in [2.75, 3.05) is 6.54 Å². The Balaban J connectivity index is 1.70. The Morgan fingerprint density at radius 1 is 1.25 bits per heavy atom. The van der Waals surface area contributed by atoms with Gasteiger partial charge < -0.3 is 4.57 Å². The van der Waals surface area contributed by atoms with E-state index in [2.05, 4.69) is 50.5 Å². The molecule has 1 saturated carbocycles. The quantitative estimate of drug-likeness (QED) is 0.795. The lowest BCUT2D eigenvalue weighted by Crippen LogP contribution is -2.46. The summed E-state index contributed by atoms with van der Waals surface area (Å²) in [6, 6.07) is 7.89. The SMILES string of the molecule is CC1Cc2nc3cc(Br)ccc3n2CCN1C1CCC1. The Bertz CT molecular complexity index is 644. The fraction of sp³-hybridized carbons (Fsp3) is 0.562. The number of rotatable bonds is 1. The second-order valence-corrected chi connectivity index (χ2v) is 7.10. The van der Waals surface area contributed by atoms with E-state index in [1.165, 1.54) is 37.1 Å². The van der Waals surface area contributed by atoms with E-state index in [-0.39, 0.29) is 0 Å². The van der Waals surface area contributed by atoms with Crippen LogP contribution in [0.2, 0.25) is 0 Å². The van der Waals surface area contributed by atoms with Crippen molar-refractivity contribution in [1.29, 1.82) is 0 Å². The normalized spacial score (nSPS) is 24.4. The third kappa shape index (κ3) is 2.01. The van der Waals surface area contributed by atoms with Crippen LogP contribution in [0.4, 0.5) is 0 Å². The molecule has 0 amide bonds. The van der Waals surface area contributed by atoms with Crippen molar-refractivity contribution in [3.05, 3.63) is 28.5 Å². The zero-order chi connectivity index (χ0) is 13.7. The summed E-state index contributed by atoms with van der Waals surface area (Å²) in [5, 5.41) is 0. The summed E-state index contributed by atoms with van der Waals surface area (Å²) in [6.07, 6.45) is 5.26. The zero-order valence-electron chi connectivity index (χ0n) is 11.8. The lowest BCUT2D eigenvalue weighted by Gasteiger charge is -2.40. The number of imidazole rings is 1. The summed E-state index contributed by atoms with van der Waals surface area (Å²) in [4.78, 5) is 7.58. The average molecular weight is 334 g/mol. The molecule has 4 heteroatoms. The minimum absolute atomic E-state index is 0.613. The van der Waals surface area contributed by atoms with Gasteiger partial charge in [0, 0.05) is 36.1 Å². The summed E-state index contributed by atoms with van der Waals surface area (Å²) in [5.74, 6) is 1.26. The summed E-state index contributed by atoms with van der Waals surface area (Å²) < 4.78 is 3.54. The molecule has 0 saturated heterocycles. The molecule has 0 bridgehead atoms. The highest BCUT2D eigenvalue weighted by Crippen LogP contribution is 2.30. The number of fused-ring (bicyclic) bond motifs is 3. The number of aromatic nitrogens is 2. The highest BCUT2D eigenvalue weighted by atomic mass is 79.9. The van der Waals surface area contributed by atoms with Crippen LogP contribution >= 0.6 is 15.9 Å². The molecule has 0 N–H and O–H groups in total. The molecule has 0 spiro atoms. The van der Waals surface area contributed by atoms with Gasteiger partial charge in [-0.3, -0.25) is 4.90 Å². The summed E-state index contributed by atoms with van der Waals surface area (Å²) in [6.45, 7) is 4.61. The first-order chi connectivity index (χ1) is 9.72. The van der Waals surface area contributed by atoms with Crippen LogP contribution < -0.4 is 0 Å². The van der Waals surface area contributed by atoms with Crippen molar-refractivity contribution >= 4 is 27.0 Å². The predicted molar refractivity (Wildman–Crippen MR) is 84.9 cm³/mol. The van der Waals surface area contributed by atoms with E-state index < -0.39 is 0 Å². The molecular formula is C16H20BrN3. The maximum absolute atomic E-state index is 4.87. The third-order valence-electron chi connectivity index (χ3n) is 4.96. The topological polar surface area (TPSA) is 21.1 Å². The fourth-order valence-corrected chi connectivity index (χ4v) is 3.99. The van der Waals surface area contributed by atoms with Gasteiger partial charge in [-0.25, -0.2) is 4.98 Å². The van der Waals surface area contributed by atoms with Crippen LogP contribution in [0.25, 0.3) is 11.0 Å².